The Morgan fingerprint density at radius 3 is 1.09 bits per heavy atom. The Kier molecular flexibility index (Phi) is 417. The maximum absolute atomic E-state index is 9.56. The molecule has 8 heteroatoms. The van der Waals surface area contributed by atoms with E-state index in [1.54, 1.807) is 0 Å². The standard InChI is InChI=1S/C3H6O2.6H2O/c1-3(5)2-4;;;;;;/h4H,2H2,1H3;6*1H2. The molecule has 0 radical (unpaired) electrons. The highest BCUT2D eigenvalue weighted by molar-refractivity contribution is 5.76. The lowest BCUT2D eigenvalue weighted by atomic mass is 10.5. The van der Waals surface area contributed by atoms with E-state index in [2.05, 4.69) is 0 Å². The van der Waals surface area contributed by atoms with E-state index < -0.39 is 0 Å². The Balaban J connectivity index is -0.00000000533. The van der Waals surface area contributed by atoms with Crippen molar-refractivity contribution in [1.29, 1.82) is 0 Å². The van der Waals surface area contributed by atoms with Gasteiger partial charge in [0.05, 0.1) is 0 Å². The van der Waals surface area contributed by atoms with Gasteiger partial charge in [-0.15, -0.1) is 0 Å². The lowest BCUT2D eigenvalue weighted by molar-refractivity contribution is -0.119. The molecule has 0 aliphatic rings. The van der Waals surface area contributed by atoms with Gasteiger partial charge in [-0.05, 0) is 6.92 Å². The van der Waals surface area contributed by atoms with E-state index >= 15 is 0 Å². The van der Waals surface area contributed by atoms with Gasteiger partial charge in [0.2, 0.25) is 0 Å². The summed E-state index contributed by atoms with van der Waals surface area (Å²) in [4.78, 5) is 9.56. The highest BCUT2D eigenvalue weighted by Gasteiger charge is 1.78. The summed E-state index contributed by atoms with van der Waals surface area (Å²) in [5, 5.41) is 7.79. The predicted molar refractivity (Wildman–Crippen MR) is 39.4 cm³/mol. The smallest absolute Gasteiger partial charge is 0.155 e. The van der Waals surface area contributed by atoms with Crippen molar-refractivity contribution in [2.75, 3.05) is 6.61 Å². The number of hydrogen-bond donors (Lipinski definition) is 1. The molecule has 0 aliphatic carbocycles. The third-order valence-corrected chi connectivity index (χ3v) is 0.223. The highest BCUT2D eigenvalue weighted by atomic mass is 16.3. The molecule has 11 heavy (non-hydrogen) atoms. The summed E-state index contributed by atoms with van der Waals surface area (Å²) >= 11 is 0. The van der Waals surface area contributed by atoms with Crippen LogP contribution in [0.25, 0.3) is 0 Å². The molecule has 0 spiro atoms. The van der Waals surface area contributed by atoms with Crippen LogP contribution in [0, 0.1) is 0 Å². The maximum Gasteiger partial charge on any atom is 0.155 e. The number of carbonyl (C=O) groups excluding carboxylic acids is 1. The molecule has 0 aromatic carbocycles. The number of ketones is 1. The molecule has 13 N–H and O–H groups in total. The first kappa shape index (κ1) is 79.7. The number of Topliss-reactive ketones (excluding diaryl/α,β-unsaturated/α-hetero) is 1. The molecule has 0 amide bonds. The first-order chi connectivity index (χ1) is 2.27. The van der Waals surface area contributed by atoms with Crippen LogP contribution >= 0.6 is 0 Å². The van der Waals surface area contributed by atoms with Crippen LogP contribution < -0.4 is 0 Å². The van der Waals surface area contributed by atoms with Gasteiger partial charge in [0, 0.05) is 0 Å². The van der Waals surface area contributed by atoms with Crippen LogP contribution in [0.3, 0.4) is 0 Å². The molecule has 0 fully saturated rings. The van der Waals surface area contributed by atoms with E-state index in [1.807, 2.05) is 0 Å². The SMILES string of the molecule is CC(=O)CO.O.O.O.O.O.O. The van der Waals surface area contributed by atoms with Gasteiger partial charge in [-0.1, -0.05) is 0 Å². The van der Waals surface area contributed by atoms with Crippen molar-refractivity contribution in [3.8, 4) is 0 Å². The Hall–Kier alpha value is -0.610. The molecule has 78 valence electrons. The minimum atomic E-state index is -0.333. The normalized spacial score (nSPS) is 3.45. The molecule has 0 unspecified atom stereocenters. The van der Waals surface area contributed by atoms with E-state index in [9.17, 15) is 4.79 Å². The topological polar surface area (TPSA) is 226 Å². The minimum Gasteiger partial charge on any atom is -0.412 e. The zero-order chi connectivity index (χ0) is 4.28. The summed E-state index contributed by atoms with van der Waals surface area (Å²) in [7, 11) is 0. The van der Waals surface area contributed by atoms with Gasteiger partial charge in [-0.2, -0.15) is 0 Å². The van der Waals surface area contributed by atoms with Gasteiger partial charge in [0.1, 0.15) is 6.61 Å². The average molecular weight is 182 g/mol. The lowest BCUT2D eigenvalue weighted by Gasteiger charge is -1.72. The van der Waals surface area contributed by atoms with Gasteiger partial charge < -0.3 is 38.0 Å². The van der Waals surface area contributed by atoms with Gasteiger partial charge in [0.25, 0.3) is 0 Å². The molecule has 0 saturated heterocycles. The number of carbonyl (C=O) groups is 1. The van der Waals surface area contributed by atoms with Crippen molar-refractivity contribution in [3.63, 3.8) is 0 Å². The van der Waals surface area contributed by atoms with E-state index in [0.29, 0.717) is 0 Å². The van der Waals surface area contributed by atoms with Crippen LogP contribution in [-0.4, -0.2) is 50.4 Å². The fraction of sp³-hybridized carbons (Fsp3) is 0.667. The minimum absolute atomic E-state index is 0. The maximum atomic E-state index is 9.56. The van der Waals surface area contributed by atoms with Gasteiger partial charge >= 0.3 is 0 Å². The monoisotopic (exact) mass is 182 g/mol. The lowest BCUT2D eigenvalue weighted by Crippen LogP contribution is -1.93. The molecule has 0 aromatic heterocycles. The van der Waals surface area contributed by atoms with Crippen LogP contribution in [0.1, 0.15) is 6.92 Å². The van der Waals surface area contributed by atoms with Crippen LogP contribution in [0.2, 0.25) is 0 Å². The van der Waals surface area contributed by atoms with Crippen molar-refractivity contribution in [2.45, 2.75) is 6.92 Å². The highest BCUT2D eigenvalue weighted by Crippen LogP contribution is 1.55. The quantitative estimate of drug-likeness (QED) is 0.418. The van der Waals surface area contributed by atoms with Gasteiger partial charge in [0.15, 0.2) is 5.78 Å². The molecular weight excluding hydrogens is 164 g/mol. The molecule has 0 saturated carbocycles. The number of hydrogen-bond acceptors (Lipinski definition) is 2. The molecular formula is C3H18O8. The Morgan fingerprint density at radius 2 is 1.09 bits per heavy atom. The van der Waals surface area contributed by atoms with E-state index in [0.717, 1.165) is 0 Å². The number of rotatable bonds is 1. The largest absolute Gasteiger partial charge is 0.412 e. The zero-order valence-electron chi connectivity index (χ0n) is 6.06. The second-order valence-corrected chi connectivity index (χ2v) is 0.860. The molecule has 0 aliphatic heterocycles. The summed E-state index contributed by atoms with van der Waals surface area (Å²) in [5.41, 5.74) is 0. The molecule has 0 rings (SSSR count). The Morgan fingerprint density at radius 1 is 1.00 bits per heavy atom. The molecule has 0 atom stereocenters. The summed E-state index contributed by atoms with van der Waals surface area (Å²) in [6.45, 7) is 1.000. The fourth-order valence-electron chi connectivity index (χ4n) is 0. The Labute approximate surface area is 63.3 Å². The van der Waals surface area contributed by atoms with Gasteiger partial charge in [-0.3, -0.25) is 4.79 Å². The average Bonchev–Trinajstić information content (AvgIpc) is 1.38. The molecule has 0 aromatic rings. The third-order valence-electron chi connectivity index (χ3n) is 0.223. The fourth-order valence-corrected chi connectivity index (χ4v) is 0. The summed E-state index contributed by atoms with van der Waals surface area (Å²) in [6.07, 6.45) is 0. The van der Waals surface area contributed by atoms with Crippen molar-refractivity contribution < 1.29 is 42.8 Å². The number of aliphatic hydroxyl groups excluding tert-OH is 1. The van der Waals surface area contributed by atoms with E-state index in [4.69, 9.17) is 5.11 Å². The summed E-state index contributed by atoms with van der Waals surface area (Å²) < 4.78 is 0. The van der Waals surface area contributed by atoms with Crippen LogP contribution in [0.4, 0.5) is 0 Å². The van der Waals surface area contributed by atoms with Crippen molar-refractivity contribution in [2.24, 2.45) is 0 Å². The number of aliphatic hydroxyl groups is 1. The summed E-state index contributed by atoms with van der Waals surface area (Å²) in [6, 6.07) is 0. The molecule has 8 nitrogen and oxygen atoms in total. The van der Waals surface area contributed by atoms with Crippen molar-refractivity contribution in [3.05, 3.63) is 0 Å². The predicted octanol–water partition coefficient (Wildman–Crippen LogP) is -5.38. The second-order valence-electron chi connectivity index (χ2n) is 0.860. The van der Waals surface area contributed by atoms with Crippen LogP contribution in [0.15, 0.2) is 0 Å². The Bertz CT molecular complexity index is 44.6. The third kappa shape index (κ3) is 265. The van der Waals surface area contributed by atoms with E-state index in [-0.39, 0.29) is 45.2 Å². The first-order valence-electron chi connectivity index (χ1n) is 1.37. The summed E-state index contributed by atoms with van der Waals surface area (Å²) in [5.74, 6) is -0.190. The van der Waals surface area contributed by atoms with Crippen molar-refractivity contribution in [1.82, 2.24) is 0 Å². The molecule has 0 bridgehead atoms. The second kappa shape index (κ2) is 57.5. The van der Waals surface area contributed by atoms with Gasteiger partial charge in [-0.25, -0.2) is 0 Å². The van der Waals surface area contributed by atoms with Crippen molar-refractivity contribution >= 4 is 5.78 Å². The van der Waals surface area contributed by atoms with Crippen LogP contribution in [-0.2, 0) is 4.79 Å². The van der Waals surface area contributed by atoms with Crippen LogP contribution in [0.5, 0.6) is 0 Å². The van der Waals surface area contributed by atoms with E-state index in [1.165, 1.54) is 6.92 Å². The zero-order valence-corrected chi connectivity index (χ0v) is 6.06. The first-order valence-corrected chi connectivity index (χ1v) is 1.37. The molecule has 0 heterocycles.